The summed E-state index contributed by atoms with van der Waals surface area (Å²) in [6.07, 6.45) is 10.1. The maximum Gasteiger partial charge on any atom is 0.264 e. The molecule has 0 radical (unpaired) electrons. The van der Waals surface area contributed by atoms with Crippen molar-refractivity contribution in [1.29, 1.82) is 0 Å². The van der Waals surface area contributed by atoms with Gasteiger partial charge in [-0.2, -0.15) is 0 Å². The number of sulfonamides is 3. The third-order valence-electron chi connectivity index (χ3n) is 12.8. The summed E-state index contributed by atoms with van der Waals surface area (Å²) >= 11 is 0. The van der Waals surface area contributed by atoms with Gasteiger partial charge in [-0.15, -0.1) is 0 Å². The lowest BCUT2D eigenvalue weighted by molar-refractivity contribution is 0.590. The fourth-order valence-corrected chi connectivity index (χ4v) is 13.4. The molecule has 9 aromatic rings. The van der Waals surface area contributed by atoms with Crippen molar-refractivity contribution in [2.45, 2.75) is 41.4 Å². The van der Waals surface area contributed by atoms with E-state index in [2.05, 4.69) is 15.0 Å². The van der Waals surface area contributed by atoms with Gasteiger partial charge < -0.3 is 0 Å². The molecule has 0 unspecified atom stereocenters. The zero-order chi connectivity index (χ0) is 51.2. The van der Waals surface area contributed by atoms with E-state index in [0.717, 1.165) is 50.1 Å². The van der Waals surface area contributed by atoms with E-state index < -0.39 is 36.0 Å². The molecule has 0 N–H and O–H groups in total. The number of hydrogen-bond acceptors (Lipinski definition) is 9. The van der Waals surface area contributed by atoms with E-state index >= 15 is 0 Å². The van der Waals surface area contributed by atoms with Gasteiger partial charge in [0.2, 0.25) is 0 Å². The number of anilines is 3. The van der Waals surface area contributed by atoms with Gasteiger partial charge >= 0.3 is 0 Å². The molecule has 0 bridgehead atoms. The van der Waals surface area contributed by atoms with Crippen LogP contribution in [0.5, 0.6) is 0 Å². The molecule has 0 fully saturated rings. The van der Waals surface area contributed by atoms with Crippen LogP contribution in [0.15, 0.2) is 234 Å². The van der Waals surface area contributed by atoms with Gasteiger partial charge in [0.1, 0.15) is 0 Å². The van der Waals surface area contributed by atoms with Crippen LogP contribution in [0.3, 0.4) is 0 Å². The fourth-order valence-electron chi connectivity index (χ4n) is 9.02. The van der Waals surface area contributed by atoms with Crippen LogP contribution in [-0.2, 0) is 30.1 Å². The van der Waals surface area contributed by atoms with Crippen LogP contribution in [0.25, 0.3) is 33.4 Å². The van der Waals surface area contributed by atoms with Gasteiger partial charge in [0.15, 0.2) is 0 Å². The predicted molar refractivity (Wildman–Crippen MR) is 290 cm³/mol. The molecule has 12 nitrogen and oxygen atoms in total. The summed E-state index contributed by atoms with van der Waals surface area (Å²) in [6.45, 7) is 5.90. The minimum atomic E-state index is -3.96. The largest absolute Gasteiger partial charge is 0.267 e. The maximum absolute atomic E-state index is 14.2. The average molecular weight is 1030 g/mol. The lowest BCUT2D eigenvalue weighted by Gasteiger charge is -2.26. The third kappa shape index (κ3) is 10.4. The SMILES string of the molecule is CCN(c1ccc(C(c2ccc(N(CC)S(=O)(=O)c3ccc(-c4ccncc4)cc3)cc2)c2ccc(N(CC)S(=O)(=O)c3ccc(-c4ccncc4)cc3)cc2)cc1)S(=O)(=O)c1ccc(-c2ccncc2)cc1. The van der Waals surface area contributed by atoms with Crippen LogP contribution < -0.4 is 12.9 Å². The van der Waals surface area contributed by atoms with Crippen LogP contribution in [0.1, 0.15) is 43.4 Å². The van der Waals surface area contributed by atoms with Gasteiger partial charge in [-0.1, -0.05) is 72.8 Å². The molecule has 0 spiro atoms. The number of rotatable bonds is 18. The quantitative estimate of drug-likeness (QED) is 0.0765. The molecule has 0 aliphatic rings. The Hall–Kier alpha value is -7.98. The van der Waals surface area contributed by atoms with Crippen molar-refractivity contribution >= 4 is 47.1 Å². The van der Waals surface area contributed by atoms with Gasteiger partial charge in [0, 0.05) is 62.7 Å². The van der Waals surface area contributed by atoms with Gasteiger partial charge in [-0.25, -0.2) is 25.3 Å². The molecule has 0 amide bonds. The van der Waals surface area contributed by atoms with Crippen molar-refractivity contribution in [3.63, 3.8) is 0 Å². The third-order valence-corrected chi connectivity index (χ3v) is 18.5. The molecular formula is C58H52N6O6S3. The molecule has 3 heterocycles. The van der Waals surface area contributed by atoms with Crippen molar-refractivity contribution in [1.82, 2.24) is 15.0 Å². The standard InChI is InChI=1S/C58H52N6O6S3/c1-4-62(71(65,66)55-25-13-43(14-26-55)46-31-37-59-38-32-46)52-19-7-49(8-20-52)58(50-9-21-53(22-10-50)63(5-2)72(67,68)56-27-15-44(16-28-56)47-33-39-60-40-34-47)51-11-23-54(24-12-51)64(6-3)73(69,70)57-29-17-45(18-30-57)48-35-41-61-42-36-48/h7-42,58H,4-6H2,1-3H3. The molecule has 3 aromatic heterocycles. The Kier molecular flexibility index (Phi) is 14.6. The number of nitrogens with zero attached hydrogens (tertiary/aromatic N) is 6. The van der Waals surface area contributed by atoms with Crippen molar-refractivity contribution in [2.75, 3.05) is 32.5 Å². The number of hydrogen-bond donors (Lipinski definition) is 0. The van der Waals surface area contributed by atoms with E-state index in [-0.39, 0.29) is 34.3 Å². The Labute approximate surface area is 428 Å². The Morgan fingerprint density at radius 3 is 0.712 bits per heavy atom. The fraction of sp³-hybridized carbons (Fsp3) is 0.121. The highest BCUT2D eigenvalue weighted by atomic mass is 32.2. The Balaban J connectivity index is 1.04. The summed E-state index contributed by atoms with van der Waals surface area (Å²) in [6, 6.07) is 53.7. The first-order chi connectivity index (χ1) is 35.3. The summed E-state index contributed by atoms with van der Waals surface area (Å²) < 4.78 is 89.2. The molecule has 368 valence electrons. The predicted octanol–water partition coefficient (Wildman–Crippen LogP) is 11.7. The first-order valence-electron chi connectivity index (χ1n) is 23.7. The van der Waals surface area contributed by atoms with E-state index in [4.69, 9.17) is 0 Å². The van der Waals surface area contributed by atoms with Gasteiger partial charge in [-0.3, -0.25) is 27.9 Å². The summed E-state index contributed by atoms with van der Waals surface area (Å²) in [4.78, 5) is 12.7. The van der Waals surface area contributed by atoms with Crippen LogP contribution in [-0.4, -0.2) is 59.8 Å². The van der Waals surface area contributed by atoms with Crippen molar-refractivity contribution in [3.8, 4) is 33.4 Å². The van der Waals surface area contributed by atoms with Gasteiger partial charge in [0.25, 0.3) is 30.1 Å². The highest BCUT2D eigenvalue weighted by molar-refractivity contribution is 7.93. The van der Waals surface area contributed by atoms with Gasteiger partial charge in [-0.05, 0) is 180 Å². The Morgan fingerprint density at radius 2 is 0.507 bits per heavy atom. The van der Waals surface area contributed by atoms with Crippen molar-refractivity contribution < 1.29 is 25.3 Å². The molecule has 73 heavy (non-hydrogen) atoms. The van der Waals surface area contributed by atoms with E-state index in [1.54, 1.807) is 167 Å². The molecule has 9 rings (SSSR count). The Morgan fingerprint density at radius 1 is 0.301 bits per heavy atom. The minimum Gasteiger partial charge on any atom is -0.267 e. The number of aromatic nitrogens is 3. The lowest BCUT2D eigenvalue weighted by atomic mass is 9.85. The molecule has 15 heteroatoms. The van der Waals surface area contributed by atoms with Crippen molar-refractivity contribution in [2.24, 2.45) is 0 Å². The maximum atomic E-state index is 14.2. The first-order valence-corrected chi connectivity index (χ1v) is 28.0. The highest BCUT2D eigenvalue weighted by Crippen LogP contribution is 2.38. The van der Waals surface area contributed by atoms with Crippen LogP contribution in [0, 0.1) is 0 Å². The Bertz CT molecular complexity index is 3240. The summed E-state index contributed by atoms with van der Waals surface area (Å²) in [5.41, 5.74) is 9.27. The molecule has 0 aliphatic carbocycles. The topological polar surface area (TPSA) is 151 Å². The molecule has 0 atom stereocenters. The molecule has 0 saturated carbocycles. The molecule has 0 aliphatic heterocycles. The van der Waals surface area contributed by atoms with Crippen LogP contribution >= 0.6 is 0 Å². The van der Waals surface area contributed by atoms with E-state index in [9.17, 15) is 25.3 Å². The second-order valence-corrected chi connectivity index (χ2v) is 22.6. The zero-order valence-electron chi connectivity index (χ0n) is 40.3. The van der Waals surface area contributed by atoms with Gasteiger partial charge in [0.05, 0.1) is 31.7 Å². The monoisotopic (exact) mass is 1020 g/mol. The highest BCUT2D eigenvalue weighted by Gasteiger charge is 2.28. The second kappa shape index (κ2) is 21.4. The molecular weight excluding hydrogens is 973 g/mol. The lowest BCUT2D eigenvalue weighted by Crippen LogP contribution is -2.31. The van der Waals surface area contributed by atoms with Crippen molar-refractivity contribution in [3.05, 3.63) is 236 Å². The van der Waals surface area contributed by atoms with E-state index in [0.29, 0.717) is 17.1 Å². The first kappa shape index (κ1) is 50.0. The molecule has 6 aromatic carbocycles. The summed E-state index contributed by atoms with van der Waals surface area (Å²) in [5.74, 6) is -0.440. The van der Waals surface area contributed by atoms with Crippen LogP contribution in [0.4, 0.5) is 17.1 Å². The van der Waals surface area contributed by atoms with E-state index in [1.807, 2.05) is 72.8 Å². The zero-order valence-corrected chi connectivity index (χ0v) is 42.8. The van der Waals surface area contributed by atoms with E-state index in [1.165, 1.54) is 12.9 Å². The average Bonchev–Trinajstić information content (AvgIpc) is 3.43. The smallest absolute Gasteiger partial charge is 0.264 e. The molecule has 0 saturated heterocycles. The van der Waals surface area contributed by atoms with Crippen LogP contribution in [0.2, 0.25) is 0 Å². The second-order valence-electron chi connectivity index (χ2n) is 17.0. The summed E-state index contributed by atoms with van der Waals surface area (Å²) in [5, 5.41) is 0. The number of benzene rings is 6. The number of pyridine rings is 3. The minimum absolute atomic E-state index is 0.157. The normalized spacial score (nSPS) is 11.8. The summed E-state index contributed by atoms with van der Waals surface area (Å²) in [7, 11) is -11.9.